The number of fused-ring (bicyclic) bond motifs is 1. The molecule has 4 aromatic rings. The lowest BCUT2D eigenvalue weighted by Gasteiger charge is -2.31. The maximum Gasteiger partial charge on any atom is 0.573 e. The number of amides is 2. The summed E-state index contributed by atoms with van der Waals surface area (Å²) in [6.07, 6.45) is 1.85. The molecule has 2 amide bonds. The molecule has 38 heavy (non-hydrogen) atoms. The molecule has 1 aliphatic heterocycles. The van der Waals surface area contributed by atoms with E-state index < -0.39 is 6.36 Å². The van der Waals surface area contributed by atoms with Gasteiger partial charge in [-0.25, -0.2) is 9.97 Å². The summed E-state index contributed by atoms with van der Waals surface area (Å²) < 4.78 is 42.9. The van der Waals surface area contributed by atoms with Gasteiger partial charge in [0.25, 0.3) is 5.91 Å². The molecule has 0 bridgehead atoms. The number of imidazole rings is 1. The standard InChI is InChI=1S/C27H24F3N5O3/c28-27(29,30)38-22-4-1-3-18(15-22)16-24(36)32-21-7-5-19(6-8-21)20-9-13-34(14-10-20)25(37)23-17-35-12-2-11-31-26(35)33-23/h1-8,11-12,15,17,20H,9-10,13-14,16H2,(H,32,36). The Labute approximate surface area is 216 Å². The number of nitrogens with one attached hydrogen (secondary N) is 1. The average molecular weight is 524 g/mol. The fourth-order valence-corrected chi connectivity index (χ4v) is 4.59. The van der Waals surface area contributed by atoms with E-state index >= 15 is 0 Å². The minimum absolute atomic E-state index is 0.0916. The van der Waals surface area contributed by atoms with E-state index in [1.165, 1.54) is 18.2 Å². The molecular weight excluding hydrogens is 499 g/mol. The number of halogens is 3. The lowest BCUT2D eigenvalue weighted by molar-refractivity contribution is -0.274. The number of hydrogen-bond donors (Lipinski definition) is 1. The van der Waals surface area contributed by atoms with Crippen molar-refractivity contribution in [2.24, 2.45) is 0 Å². The summed E-state index contributed by atoms with van der Waals surface area (Å²) in [6, 6.07) is 14.6. The first kappa shape index (κ1) is 25.2. The molecule has 0 saturated carbocycles. The molecule has 196 valence electrons. The number of rotatable bonds is 6. The molecule has 0 aliphatic carbocycles. The second kappa shape index (κ2) is 10.5. The minimum atomic E-state index is -4.79. The van der Waals surface area contributed by atoms with Crippen LogP contribution >= 0.6 is 0 Å². The third-order valence-corrected chi connectivity index (χ3v) is 6.40. The zero-order chi connectivity index (χ0) is 26.7. The molecule has 1 saturated heterocycles. The number of alkyl halides is 3. The van der Waals surface area contributed by atoms with Gasteiger partial charge in [-0.3, -0.25) is 14.0 Å². The van der Waals surface area contributed by atoms with Crippen LogP contribution in [0.5, 0.6) is 5.75 Å². The Hall–Kier alpha value is -4.41. The molecular formula is C27H24F3N5O3. The predicted octanol–water partition coefficient (Wildman–Crippen LogP) is 4.83. The number of benzene rings is 2. The summed E-state index contributed by atoms with van der Waals surface area (Å²) in [6.45, 7) is 1.22. The van der Waals surface area contributed by atoms with Gasteiger partial charge in [0, 0.05) is 37.4 Å². The second-order valence-electron chi connectivity index (χ2n) is 9.06. The molecule has 5 rings (SSSR count). The van der Waals surface area contributed by atoms with Crippen LogP contribution in [0.15, 0.2) is 73.2 Å². The summed E-state index contributed by atoms with van der Waals surface area (Å²) in [5.41, 5.74) is 2.49. The molecule has 2 aromatic carbocycles. The summed E-state index contributed by atoms with van der Waals surface area (Å²) in [5.74, 6) is -0.0570. The Morgan fingerprint density at radius 1 is 1.05 bits per heavy atom. The molecule has 0 spiro atoms. The van der Waals surface area contributed by atoms with E-state index in [9.17, 15) is 22.8 Å². The number of anilines is 1. The van der Waals surface area contributed by atoms with E-state index in [-0.39, 0.29) is 29.9 Å². The van der Waals surface area contributed by atoms with E-state index in [0.29, 0.717) is 35.8 Å². The number of aromatic nitrogens is 3. The van der Waals surface area contributed by atoms with Crippen molar-refractivity contribution in [2.45, 2.75) is 31.5 Å². The lowest BCUT2D eigenvalue weighted by atomic mass is 9.89. The molecule has 8 nitrogen and oxygen atoms in total. The monoisotopic (exact) mass is 523 g/mol. The number of piperidine rings is 1. The summed E-state index contributed by atoms with van der Waals surface area (Å²) in [7, 11) is 0. The van der Waals surface area contributed by atoms with Crippen LogP contribution in [-0.2, 0) is 11.2 Å². The van der Waals surface area contributed by atoms with Gasteiger partial charge in [-0.1, -0.05) is 24.3 Å². The van der Waals surface area contributed by atoms with E-state index in [2.05, 4.69) is 20.0 Å². The number of hydrogen-bond acceptors (Lipinski definition) is 5. The normalized spacial score (nSPS) is 14.4. The summed E-state index contributed by atoms with van der Waals surface area (Å²) in [5, 5.41) is 2.77. The minimum Gasteiger partial charge on any atom is -0.406 e. The van der Waals surface area contributed by atoms with Gasteiger partial charge < -0.3 is 15.0 Å². The average Bonchev–Trinajstić information content (AvgIpc) is 3.32. The number of nitrogens with zero attached hydrogens (tertiary/aromatic N) is 4. The van der Waals surface area contributed by atoms with Gasteiger partial charge in [-0.05, 0) is 60.2 Å². The molecule has 3 heterocycles. The van der Waals surface area contributed by atoms with Crippen LogP contribution in [0.4, 0.5) is 18.9 Å². The molecule has 1 aliphatic rings. The summed E-state index contributed by atoms with van der Waals surface area (Å²) in [4.78, 5) is 35.6. The molecule has 0 atom stereocenters. The van der Waals surface area contributed by atoms with Crippen LogP contribution < -0.4 is 10.1 Å². The van der Waals surface area contributed by atoms with Crippen molar-refractivity contribution >= 4 is 23.3 Å². The highest BCUT2D eigenvalue weighted by Gasteiger charge is 2.31. The molecule has 0 radical (unpaired) electrons. The smallest absolute Gasteiger partial charge is 0.406 e. The molecule has 11 heteroatoms. The van der Waals surface area contributed by atoms with Crippen molar-refractivity contribution in [3.63, 3.8) is 0 Å². The van der Waals surface area contributed by atoms with Crippen LogP contribution in [0.1, 0.15) is 40.4 Å². The van der Waals surface area contributed by atoms with Gasteiger partial charge in [0.2, 0.25) is 11.7 Å². The second-order valence-corrected chi connectivity index (χ2v) is 9.06. The number of carbonyl (C=O) groups is 2. The number of ether oxygens (including phenoxy) is 1. The largest absolute Gasteiger partial charge is 0.573 e. The van der Waals surface area contributed by atoms with Crippen molar-refractivity contribution in [2.75, 3.05) is 18.4 Å². The molecule has 2 aromatic heterocycles. The predicted molar refractivity (Wildman–Crippen MR) is 133 cm³/mol. The number of likely N-dealkylation sites (tertiary alicyclic amines) is 1. The lowest BCUT2D eigenvalue weighted by Crippen LogP contribution is -2.38. The highest BCUT2D eigenvalue weighted by Crippen LogP contribution is 2.30. The Bertz CT molecular complexity index is 1410. The third kappa shape index (κ3) is 6.10. The number of carbonyl (C=O) groups excluding carboxylic acids is 2. The van der Waals surface area contributed by atoms with Gasteiger partial charge in [0.15, 0.2) is 0 Å². The maximum absolute atomic E-state index is 12.9. The first-order chi connectivity index (χ1) is 18.2. The van der Waals surface area contributed by atoms with Gasteiger partial charge in [-0.2, -0.15) is 0 Å². The fourth-order valence-electron chi connectivity index (χ4n) is 4.59. The third-order valence-electron chi connectivity index (χ3n) is 6.40. The van der Waals surface area contributed by atoms with Gasteiger partial charge >= 0.3 is 6.36 Å². The van der Waals surface area contributed by atoms with Gasteiger partial charge in [0.1, 0.15) is 11.4 Å². The van der Waals surface area contributed by atoms with Crippen molar-refractivity contribution in [3.8, 4) is 5.75 Å². The van der Waals surface area contributed by atoms with Gasteiger partial charge in [-0.15, -0.1) is 13.2 Å². The van der Waals surface area contributed by atoms with Crippen LogP contribution in [0.2, 0.25) is 0 Å². The van der Waals surface area contributed by atoms with Crippen LogP contribution in [-0.4, -0.2) is 50.5 Å². The Balaban J connectivity index is 1.13. The summed E-state index contributed by atoms with van der Waals surface area (Å²) >= 11 is 0. The first-order valence-corrected chi connectivity index (χ1v) is 12.1. The molecule has 0 unspecified atom stereocenters. The first-order valence-electron chi connectivity index (χ1n) is 12.1. The molecule has 1 N–H and O–H groups in total. The van der Waals surface area contributed by atoms with Crippen LogP contribution in [0.3, 0.4) is 0 Å². The zero-order valence-electron chi connectivity index (χ0n) is 20.2. The van der Waals surface area contributed by atoms with Gasteiger partial charge in [0.05, 0.1) is 6.42 Å². The van der Waals surface area contributed by atoms with Crippen molar-refractivity contribution < 1.29 is 27.5 Å². The maximum atomic E-state index is 12.9. The Morgan fingerprint density at radius 2 is 1.82 bits per heavy atom. The van der Waals surface area contributed by atoms with E-state index in [1.54, 1.807) is 47.3 Å². The quantitative estimate of drug-likeness (QED) is 0.391. The molecule has 1 fully saturated rings. The fraction of sp³-hybridized carbons (Fsp3) is 0.259. The highest BCUT2D eigenvalue weighted by molar-refractivity contribution is 5.93. The Kier molecular flexibility index (Phi) is 6.99. The topological polar surface area (TPSA) is 88.8 Å². The van der Waals surface area contributed by atoms with Crippen molar-refractivity contribution in [3.05, 3.63) is 90.0 Å². The van der Waals surface area contributed by atoms with Crippen molar-refractivity contribution in [1.29, 1.82) is 0 Å². The van der Waals surface area contributed by atoms with E-state index in [0.717, 1.165) is 18.4 Å². The van der Waals surface area contributed by atoms with E-state index in [4.69, 9.17) is 0 Å². The zero-order valence-corrected chi connectivity index (χ0v) is 20.2. The van der Waals surface area contributed by atoms with E-state index in [1.807, 2.05) is 17.0 Å². The van der Waals surface area contributed by atoms with Crippen LogP contribution in [0.25, 0.3) is 5.78 Å². The Morgan fingerprint density at radius 3 is 2.53 bits per heavy atom. The highest BCUT2D eigenvalue weighted by atomic mass is 19.4. The van der Waals surface area contributed by atoms with Crippen molar-refractivity contribution in [1.82, 2.24) is 19.3 Å². The SMILES string of the molecule is O=C(Cc1cccc(OC(F)(F)F)c1)Nc1ccc(C2CCN(C(=O)c3cn4cccnc4n3)CC2)cc1. The van der Waals surface area contributed by atoms with Crippen LogP contribution in [0, 0.1) is 0 Å².